The number of aromatic nitrogens is 2. The molecule has 1 amide bonds. The number of hydrogen-bond acceptors (Lipinski definition) is 5. The predicted molar refractivity (Wildman–Crippen MR) is 97.7 cm³/mol. The van der Waals surface area contributed by atoms with Crippen molar-refractivity contribution in [1.29, 1.82) is 0 Å². The topological polar surface area (TPSA) is 61.4 Å². The highest BCUT2D eigenvalue weighted by atomic mass is 16.2. The van der Waals surface area contributed by atoms with Gasteiger partial charge in [-0.05, 0) is 32.4 Å². The Morgan fingerprint density at radius 3 is 2.56 bits per heavy atom. The Bertz CT molecular complexity index is 746. The van der Waals surface area contributed by atoms with Crippen LogP contribution in [0.5, 0.6) is 0 Å². The lowest BCUT2D eigenvalue weighted by molar-refractivity contribution is -0.121. The second-order valence-corrected chi connectivity index (χ2v) is 6.95. The molecule has 3 aliphatic rings. The molecule has 6 heteroatoms. The number of rotatable bonds is 4. The molecule has 3 saturated heterocycles. The van der Waals surface area contributed by atoms with Gasteiger partial charge in [-0.15, -0.1) is 0 Å². The summed E-state index contributed by atoms with van der Waals surface area (Å²) in [6, 6.07) is 12.5. The lowest BCUT2D eigenvalue weighted by Gasteiger charge is -2.56. The number of hydrogen-bond donors (Lipinski definition) is 1. The predicted octanol–water partition coefficient (Wildman–Crippen LogP) is 2.00. The number of piperazine rings is 1. The van der Waals surface area contributed by atoms with Crippen molar-refractivity contribution in [3.8, 4) is 0 Å². The number of benzene rings is 1. The number of piperidine rings is 1. The number of nitrogens with one attached hydrogen (secondary N) is 1. The Kier molecular flexibility index (Phi) is 4.13. The lowest BCUT2D eigenvalue weighted by Crippen LogP contribution is -2.69. The molecule has 2 bridgehead atoms. The largest absolute Gasteiger partial charge is 0.353 e. The van der Waals surface area contributed by atoms with Gasteiger partial charge in [-0.2, -0.15) is 0 Å². The Balaban J connectivity index is 1.36. The number of fused-ring (bicyclic) bond motifs is 2. The SMILES string of the molecule is Cc1cc(N2CC3CC(C2)N3CC(=O)Nc2ccccc2)nc(C)n1. The molecule has 0 aliphatic carbocycles. The van der Waals surface area contributed by atoms with Gasteiger partial charge in [0.25, 0.3) is 0 Å². The Labute approximate surface area is 147 Å². The maximum atomic E-state index is 12.3. The molecule has 1 N–H and O–H groups in total. The van der Waals surface area contributed by atoms with Gasteiger partial charge in [-0.3, -0.25) is 9.69 Å². The molecular formula is C19H23N5O. The Morgan fingerprint density at radius 2 is 1.88 bits per heavy atom. The van der Waals surface area contributed by atoms with Crippen molar-refractivity contribution in [1.82, 2.24) is 14.9 Å². The number of aryl methyl sites for hydroxylation is 2. The van der Waals surface area contributed by atoms with Crippen molar-refractivity contribution in [2.45, 2.75) is 32.4 Å². The molecule has 2 atom stereocenters. The fraction of sp³-hybridized carbons (Fsp3) is 0.421. The third-order valence-corrected chi connectivity index (χ3v) is 5.00. The maximum absolute atomic E-state index is 12.3. The number of anilines is 2. The molecule has 3 aliphatic heterocycles. The first kappa shape index (κ1) is 16.0. The van der Waals surface area contributed by atoms with Gasteiger partial charge in [0.05, 0.1) is 6.54 Å². The zero-order chi connectivity index (χ0) is 17.4. The maximum Gasteiger partial charge on any atom is 0.238 e. The van der Waals surface area contributed by atoms with E-state index in [2.05, 4.69) is 25.1 Å². The summed E-state index contributed by atoms with van der Waals surface area (Å²) in [4.78, 5) is 25.9. The molecule has 0 saturated carbocycles. The summed E-state index contributed by atoms with van der Waals surface area (Å²) >= 11 is 0. The fourth-order valence-electron chi connectivity index (χ4n) is 3.88. The molecule has 25 heavy (non-hydrogen) atoms. The van der Waals surface area contributed by atoms with Gasteiger partial charge in [0.2, 0.25) is 5.91 Å². The number of carbonyl (C=O) groups excluding carboxylic acids is 1. The highest BCUT2D eigenvalue weighted by Crippen LogP contribution is 2.33. The quantitative estimate of drug-likeness (QED) is 0.924. The van der Waals surface area contributed by atoms with Crippen LogP contribution in [0.25, 0.3) is 0 Å². The molecule has 4 heterocycles. The van der Waals surface area contributed by atoms with Crippen LogP contribution in [0.2, 0.25) is 0 Å². The second-order valence-electron chi connectivity index (χ2n) is 6.95. The van der Waals surface area contributed by atoms with Crippen molar-refractivity contribution in [2.24, 2.45) is 0 Å². The van der Waals surface area contributed by atoms with E-state index in [4.69, 9.17) is 0 Å². The van der Waals surface area contributed by atoms with Gasteiger partial charge in [0.1, 0.15) is 11.6 Å². The number of para-hydroxylation sites is 1. The highest BCUT2D eigenvalue weighted by molar-refractivity contribution is 5.92. The van der Waals surface area contributed by atoms with E-state index >= 15 is 0 Å². The third-order valence-electron chi connectivity index (χ3n) is 5.00. The van der Waals surface area contributed by atoms with Crippen LogP contribution in [-0.4, -0.2) is 52.5 Å². The van der Waals surface area contributed by atoms with Crippen molar-refractivity contribution in [3.63, 3.8) is 0 Å². The van der Waals surface area contributed by atoms with Gasteiger partial charge >= 0.3 is 0 Å². The first-order valence-electron chi connectivity index (χ1n) is 8.76. The number of amides is 1. The molecule has 0 radical (unpaired) electrons. The van der Waals surface area contributed by atoms with Crippen LogP contribution in [0.3, 0.4) is 0 Å². The summed E-state index contributed by atoms with van der Waals surface area (Å²) in [7, 11) is 0. The van der Waals surface area contributed by atoms with E-state index in [-0.39, 0.29) is 5.91 Å². The number of nitrogens with zero attached hydrogens (tertiary/aromatic N) is 4. The summed E-state index contributed by atoms with van der Waals surface area (Å²) in [6.07, 6.45) is 1.16. The smallest absolute Gasteiger partial charge is 0.238 e. The average molecular weight is 337 g/mol. The summed E-state index contributed by atoms with van der Waals surface area (Å²) in [5, 5.41) is 2.97. The normalized spacial score (nSPS) is 22.4. The molecule has 1 aromatic carbocycles. The number of carbonyl (C=O) groups is 1. The third kappa shape index (κ3) is 3.35. The molecule has 130 valence electrons. The lowest BCUT2D eigenvalue weighted by atomic mass is 9.87. The van der Waals surface area contributed by atoms with Gasteiger partial charge in [-0.1, -0.05) is 18.2 Å². The van der Waals surface area contributed by atoms with Crippen molar-refractivity contribution >= 4 is 17.4 Å². The van der Waals surface area contributed by atoms with Crippen molar-refractivity contribution in [3.05, 3.63) is 47.9 Å². The molecule has 2 aromatic rings. The van der Waals surface area contributed by atoms with Crippen LogP contribution in [-0.2, 0) is 4.79 Å². The summed E-state index contributed by atoms with van der Waals surface area (Å²) < 4.78 is 0. The summed E-state index contributed by atoms with van der Waals surface area (Å²) in [5.41, 5.74) is 1.85. The van der Waals surface area contributed by atoms with E-state index in [1.165, 1.54) is 0 Å². The Hall–Kier alpha value is -2.47. The highest BCUT2D eigenvalue weighted by Gasteiger charge is 2.45. The molecule has 0 spiro atoms. The van der Waals surface area contributed by atoms with Crippen LogP contribution >= 0.6 is 0 Å². The van der Waals surface area contributed by atoms with Gasteiger partial charge in [0, 0.05) is 42.6 Å². The standard InChI is InChI=1S/C19H23N5O/c1-13-8-18(21-14(2)20-13)23-10-16-9-17(11-23)24(16)12-19(25)22-15-6-4-3-5-7-15/h3-8,16-17H,9-12H2,1-2H3,(H,22,25). The van der Waals surface area contributed by atoms with E-state index in [1.54, 1.807) is 0 Å². The fourth-order valence-corrected chi connectivity index (χ4v) is 3.88. The first-order valence-corrected chi connectivity index (χ1v) is 8.76. The van der Waals surface area contributed by atoms with Crippen molar-refractivity contribution in [2.75, 3.05) is 29.9 Å². The van der Waals surface area contributed by atoms with E-state index < -0.39 is 0 Å². The van der Waals surface area contributed by atoms with Crippen LogP contribution in [0, 0.1) is 13.8 Å². The zero-order valence-electron chi connectivity index (χ0n) is 14.6. The van der Waals surface area contributed by atoms with Gasteiger partial charge in [0.15, 0.2) is 0 Å². The summed E-state index contributed by atoms with van der Waals surface area (Å²) in [5.74, 6) is 1.88. The monoisotopic (exact) mass is 337 g/mol. The van der Waals surface area contributed by atoms with E-state index in [0.717, 1.165) is 42.5 Å². The van der Waals surface area contributed by atoms with E-state index in [9.17, 15) is 4.79 Å². The molecule has 1 aromatic heterocycles. The molecular weight excluding hydrogens is 314 g/mol. The van der Waals surface area contributed by atoms with Crippen molar-refractivity contribution < 1.29 is 4.79 Å². The molecule has 3 fully saturated rings. The van der Waals surface area contributed by atoms with E-state index in [1.807, 2.05) is 50.2 Å². The Morgan fingerprint density at radius 1 is 1.16 bits per heavy atom. The minimum atomic E-state index is 0.0584. The van der Waals surface area contributed by atoms with Crippen LogP contribution in [0.4, 0.5) is 11.5 Å². The van der Waals surface area contributed by atoms with Crippen LogP contribution in [0.15, 0.2) is 36.4 Å². The molecule has 2 unspecified atom stereocenters. The average Bonchev–Trinajstić information content (AvgIpc) is 2.60. The molecule has 5 rings (SSSR count). The van der Waals surface area contributed by atoms with E-state index in [0.29, 0.717) is 18.6 Å². The minimum absolute atomic E-state index is 0.0584. The van der Waals surface area contributed by atoms with Gasteiger partial charge < -0.3 is 10.2 Å². The zero-order valence-corrected chi connectivity index (χ0v) is 14.6. The first-order chi connectivity index (χ1) is 12.1. The second kappa shape index (κ2) is 6.44. The van der Waals surface area contributed by atoms with Gasteiger partial charge in [-0.25, -0.2) is 9.97 Å². The van der Waals surface area contributed by atoms with Crippen LogP contribution in [0.1, 0.15) is 17.9 Å². The minimum Gasteiger partial charge on any atom is -0.353 e. The summed E-state index contributed by atoms with van der Waals surface area (Å²) in [6.45, 7) is 6.24. The molecule has 6 nitrogen and oxygen atoms in total. The van der Waals surface area contributed by atoms with Crippen LogP contribution < -0.4 is 10.2 Å².